The molecule has 1 atom stereocenters. The molecule has 106 valence electrons. The van der Waals surface area contributed by atoms with E-state index in [2.05, 4.69) is 13.8 Å². The molecule has 0 aromatic heterocycles. The van der Waals surface area contributed by atoms with E-state index in [0.717, 1.165) is 23.7 Å². The molecule has 0 N–H and O–H groups in total. The van der Waals surface area contributed by atoms with Crippen LogP contribution in [-0.2, 0) is 0 Å². The Kier molecular flexibility index (Phi) is 5.86. The van der Waals surface area contributed by atoms with Gasteiger partial charge in [-0.3, -0.25) is 0 Å². The van der Waals surface area contributed by atoms with Gasteiger partial charge in [-0.25, -0.2) is 0 Å². The van der Waals surface area contributed by atoms with Gasteiger partial charge in [-0.05, 0) is 69.1 Å². The van der Waals surface area contributed by atoms with Crippen LogP contribution in [0.25, 0.3) is 0 Å². The number of halogens is 1. The summed E-state index contributed by atoms with van der Waals surface area (Å²) in [5, 5.41) is 0.395. The Bertz CT molecular complexity index is 220. The smallest absolute Gasteiger partial charge is 0.0336 e. The van der Waals surface area contributed by atoms with Crippen LogP contribution >= 0.6 is 11.6 Å². The maximum Gasteiger partial charge on any atom is 0.0336 e. The van der Waals surface area contributed by atoms with Crippen molar-refractivity contribution in [2.75, 3.05) is 0 Å². The van der Waals surface area contributed by atoms with Gasteiger partial charge in [0, 0.05) is 5.38 Å². The van der Waals surface area contributed by atoms with Crippen molar-refractivity contribution in [2.45, 2.75) is 83.4 Å². The lowest BCUT2D eigenvalue weighted by Gasteiger charge is -2.38. The van der Waals surface area contributed by atoms with Gasteiger partial charge < -0.3 is 0 Å². The first-order valence-corrected chi connectivity index (χ1v) is 8.78. The molecule has 2 aliphatic rings. The zero-order valence-electron chi connectivity index (χ0n) is 12.3. The summed E-state index contributed by atoms with van der Waals surface area (Å²) in [6.45, 7) is 4.52. The van der Waals surface area contributed by atoms with Gasteiger partial charge in [-0.1, -0.05) is 32.6 Å². The minimum atomic E-state index is 0.395. The van der Waals surface area contributed by atoms with E-state index in [1.165, 1.54) is 64.2 Å². The highest BCUT2D eigenvalue weighted by Gasteiger charge is 2.31. The SMILES string of the molecule is CCCC1CCC(C2CCC(C(C)Cl)CC2)CC1. The van der Waals surface area contributed by atoms with Crippen molar-refractivity contribution in [3.8, 4) is 0 Å². The van der Waals surface area contributed by atoms with Crippen LogP contribution in [-0.4, -0.2) is 5.38 Å². The number of rotatable bonds is 4. The predicted octanol–water partition coefficient (Wildman–Crippen LogP) is 6.03. The van der Waals surface area contributed by atoms with Crippen molar-refractivity contribution in [3.63, 3.8) is 0 Å². The van der Waals surface area contributed by atoms with Crippen LogP contribution in [0.2, 0.25) is 0 Å². The zero-order valence-corrected chi connectivity index (χ0v) is 13.1. The Morgan fingerprint density at radius 2 is 1.39 bits per heavy atom. The first kappa shape index (κ1) is 14.7. The molecule has 0 bridgehead atoms. The van der Waals surface area contributed by atoms with E-state index < -0.39 is 0 Å². The van der Waals surface area contributed by atoms with E-state index in [1.54, 1.807) is 0 Å². The number of hydrogen-bond acceptors (Lipinski definition) is 0. The van der Waals surface area contributed by atoms with E-state index in [-0.39, 0.29) is 0 Å². The maximum atomic E-state index is 6.24. The third kappa shape index (κ3) is 3.89. The van der Waals surface area contributed by atoms with E-state index in [4.69, 9.17) is 11.6 Å². The standard InChI is InChI=1S/C17H31Cl/c1-3-4-14-5-7-16(8-6-14)17-11-9-15(10-12-17)13(2)18/h13-17H,3-12H2,1-2H3. The highest BCUT2D eigenvalue weighted by Crippen LogP contribution is 2.43. The fraction of sp³-hybridized carbons (Fsp3) is 1.00. The molecule has 1 heteroatoms. The van der Waals surface area contributed by atoms with Crippen LogP contribution in [0.4, 0.5) is 0 Å². The largest absolute Gasteiger partial charge is 0.123 e. The van der Waals surface area contributed by atoms with Gasteiger partial charge in [0.05, 0.1) is 0 Å². The topological polar surface area (TPSA) is 0 Å². The molecule has 0 nitrogen and oxygen atoms in total. The van der Waals surface area contributed by atoms with Crippen molar-refractivity contribution >= 4 is 11.6 Å². The van der Waals surface area contributed by atoms with Crippen molar-refractivity contribution in [3.05, 3.63) is 0 Å². The normalized spacial score (nSPS) is 39.5. The summed E-state index contributed by atoms with van der Waals surface area (Å²) in [6.07, 6.45) is 14.7. The first-order valence-electron chi connectivity index (χ1n) is 8.34. The molecule has 0 amide bonds. The summed E-state index contributed by atoms with van der Waals surface area (Å²) in [5.74, 6) is 3.97. The van der Waals surface area contributed by atoms with E-state index in [0.29, 0.717) is 5.38 Å². The van der Waals surface area contributed by atoms with E-state index in [9.17, 15) is 0 Å². The van der Waals surface area contributed by atoms with Gasteiger partial charge in [-0.2, -0.15) is 0 Å². The van der Waals surface area contributed by atoms with Gasteiger partial charge in [0.1, 0.15) is 0 Å². The molecule has 0 radical (unpaired) electrons. The molecule has 0 heterocycles. The average molecular weight is 271 g/mol. The summed E-state index contributed by atoms with van der Waals surface area (Å²) in [5.41, 5.74) is 0. The fourth-order valence-corrected chi connectivity index (χ4v) is 4.68. The second kappa shape index (κ2) is 7.17. The molecule has 18 heavy (non-hydrogen) atoms. The summed E-state index contributed by atoms with van der Waals surface area (Å²) < 4.78 is 0. The highest BCUT2D eigenvalue weighted by atomic mass is 35.5. The van der Waals surface area contributed by atoms with Gasteiger partial charge in [-0.15, -0.1) is 11.6 Å². The quantitative estimate of drug-likeness (QED) is 0.548. The van der Waals surface area contributed by atoms with Gasteiger partial charge in [0.2, 0.25) is 0 Å². The van der Waals surface area contributed by atoms with Gasteiger partial charge in [0.15, 0.2) is 0 Å². The van der Waals surface area contributed by atoms with E-state index >= 15 is 0 Å². The van der Waals surface area contributed by atoms with Crippen LogP contribution in [0.5, 0.6) is 0 Å². The van der Waals surface area contributed by atoms with Crippen LogP contribution in [0.15, 0.2) is 0 Å². The Morgan fingerprint density at radius 3 is 1.83 bits per heavy atom. The van der Waals surface area contributed by atoms with Crippen molar-refractivity contribution < 1.29 is 0 Å². The minimum Gasteiger partial charge on any atom is -0.123 e. The van der Waals surface area contributed by atoms with Crippen molar-refractivity contribution in [2.24, 2.45) is 23.7 Å². The van der Waals surface area contributed by atoms with Crippen LogP contribution in [0.3, 0.4) is 0 Å². The Labute approximate surface area is 119 Å². The van der Waals surface area contributed by atoms with Gasteiger partial charge in [0.25, 0.3) is 0 Å². The summed E-state index contributed by atoms with van der Waals surface area (Å²) in [6, 6.07) is 0. The van der Waals surface area contributed by atoms with Gasteiger partial charge >= 0.3 is 0 Å². The molecule has 0 aliphatic heterocycles. The molecule has 2 aliphatic carbocycles. The molecular weight excluding hydrogens is 240 g/mol. The highest BCUT2D eigenvalue weighted by molar-refractivity contribution is 6.20. The third-order valence-corrected chi connectivity index (χ3v) is 6.08. The third-order valence-electron chi connectivity index (χ3n) is 5.72. The predicted molar refractivity (Wildman–Crippen MR) is 81.1 cm³/mol. The minimum absolute atomic E-state index is 0.395. The lowest BCUT2D eigenvalue weighted by Crippen LogP contribution is -2.27. The average Bonchev–Trinajstić information content (AvgIpc) is 2.40. The maximum absolute atomic E-state index is 6.24. The van der Waals surface area contributed by atoms with Crippen molar-refractivity contribution in [1.29, 1.82) is 0 Å². The van der Waals surface area contributed by atoms with Crippen LogP contribution in [0.1, 0.15) is 78.1 Å². The molecule has 0 aromatic rings. The van der Waals surface area contributed by atoms with Crippen molar-refractivity contribution in [1.82, 2.24) is 0 Å². The molecule has 2 fully saturated rings. The van der Waals surface area contributed by atoms with E-state index in [1.807, 2.05) is 0 Å². The Morgan fingerprint density at radius 1 is 0.889 bits per heavy atom. The summed E-state index contributed by atoms with van der Waals surface area (Å²) in [4.78, 5) is 0. The number of alkyl halides is 1. The monoisotopic (exact) mass is 270 g/mol. The zero-order chi connectivity index (χ0) is 13.0. The molecular formula is C17H31Cl. The van der Waals surface area contributed by atoms with Crippen LogP contribution < -0.4 is 0 Å². The fourth-order valence-electron chi connectivity index (χ4n) is 4.43. The molecule has 2 saturated carbocycles. The van der Waals surface area contributed by atoms with Crippen LogP contribution in [0, 0.1) is 23.7 Å². The lowest BCUT2D eigenvalue weighted by atomic mass is 9.68. The molecule has 0 spiro atoms. The molecule has 0 saturated heterocycles. The summed E-state index contributed by atoms with van der Waals surface area (Å²) >= 11 is 6.24. The lowest BCUT2D eigenvalue weighted by molar-refractivity contribution is 0.143. The molecule has 1 unspecified atom stereocenters. The second-order valence-corrected chi connectivity index (χ2v) is 7.61. The molecule has 0 aromatic carbocycles. The Hall–Kier alpha value is 0.290. The number of hydrogen-bond donors (Lipinski definition) is 0. The first-order chi connectivity index (χ1) is 8.70. The summed E-state index contributed by atoms with van der Waals surface area (Å²) in [7, 11) is 0. The molecule has 2 rings (SSSR count). The Balaban J connectivity index is 1.71. The second-order valence-electron chi connectivity index (χ2n) is 6.92.